The van der Waals surface area contributed by atoms with E-state index in [1.54, 1.807) is 0 Å². The maximum Gasteiger partial charge on any atom is 0.0776 e. The summed E-state index contributed by atoms with van der Waals surface area (Å²) in [5.74, 6) is 0. The van der Waals surface area contributed by atoms with Crippen LogP contribution in [0.2, 0.25) is 0 Å². The summed E-state index contributed by atoms with van der Waals surface area (Å²) in [6.07, 6.45) is 0. The van der Waals surface area contributed by atoms with E-state index in [0.717, 1.165) is 12.2 Å². The summed E-state index contributed by atoms with van der Waals surface area (Å²) >= 11 is 1.48. The minimum Gasteiger partial charge on any atom is -0.306 e. The van der Waals surface area contributed by atoms with Gasteiger partial charge >= 0.3 is 0 Å². The van der Waals surface area contributed by atoms with Crippen LogP contribution in [-0.4, -0.2) is 16.1 Å². The summed E-state index contributed by atoms with van der Waals surface area (Å²) in [6, 6.07) is 6.87. The van der Waals surface area contributed by atoms with Crippen molar-refractivity contribution in [3.8, 4) is 0 Å². The van der Waals surface area contributed by atoms with Gasteiger partial charge in [-0.15, -0.1) is 5.10 Å². The fraction of sp³-hybridized carbons (Fsp3) is 0.429. The van der Waals surface area contributed by atoms with Crippen LogP contribution in [0.5, 0.6) is 0 Å². The second-order valence-corrected chi connectivity index (χ2v) is 5.42. The van der Waals surface area contributed by atoms with Crippen LogP contribution in [0.1, 0.15) is 40.2 Å². The molecular weight excluding hydrogens is 242 g/mol. The quantitative estimate of drug-likeness (QED) is 0.918. The second kappa shape index (κ2) is 5.59. The van der Waals surface area contributed by atoms with Crippen molar-refractivity contribution in [2.24, 2.45) is 0 Å². The Bertz CT molecular complexity index is 513. The molecule has 3 nitrogen and oxygen atoms in total. The average molecular weight is 261 g/mol. The number of aromatic nitrogens is 2. The van der Waals surface area contributed by atoms with Crippen LogP contribution in [0.4, 0.5) is 0 Å². The molecule has 2 aromatic rings. The van der Waals surface area contributed by atoms with Crippen LogP contribution < -0.4 is 5.32 Å². The summed E-state index contributed by atoms with van der Waals surface area (Å²) in [6.45, 7) is 9.34. The molecule has 0 aliphatic carbocycles. The number of nitrogens with one attached hydrogen (secondary N) is 1. The first-order valence-electron chi connectivity index (χ1n) is 6.22. The van der Waals surface area contributed by atoms with Crippen LogP contribution in [0, 0.1) is 20.8 Å². The van der Waals surface area contributed by atoms with Gasteiger partial charge in [0, 0.05) is 0 Å². The Morgan fingerprint density at radius 1 is 1.17 bits per heavy atom. The normalized spacial score (nSPS) is 12.7. The van der Waals surface area contributed by atoms with Crippen molar-refractivity contribution >= 4 is 11.5 Å². The minimum atomic E-state index is 0.202. The summed E-state index contributed by atoms with van der Waals surface area (Å²) < 4.78 is 4.05. The first kappa shape index (κ1) is 13.2. The number of rotatable bonds is 4. The molecule has 1 aromatic carbocycles. The summed E-state index contributed by atoms with van der Waals surface area (Å²) in [5, 5.41) is 7.65. The molecule has 2 rings (SSSR count). The Labute approximate surface area is 112 Å². The summed E-state index contributed by atoms with van der Waals surface area (Å²) in [4.78, 5) is 1.21. The molecule has 0 spiro atoms. The van der Waals surface area contributed by atoms with Crippen molar-refractivity contribution in [2.75, 3.05) is 6.54 Å². The minimum absolute atomic E-state index is 0.202. The fourth-order valence-corrected chi connectivity index (χ4v) is 2.99. The second-order valence-electron chi connectivity index (χ2n) is 4.63. The molecule has 0 aliphatic rings. The van der Waals surface area contributed by atoms with E-state index in [4.69, 9.17) is 0 Å². The molecule has 96 valence electrons. The first-order chi connectivity index (χ1) is 8.61. The van der Waals surface area contributed by atoms with Crippen molar-refractivity contribution in [2.45, 2.75) is 33.7 Å². The van der Waals surface area contributed by atoms with E-state index in [0.29, 0.717) is 0 Å². The summed E-state index contributed by atoms with van der Waals surface area (Å²) in [7, 11) is 0. The fourth-order valence-electron chi connectivity index (χ4n) is 2.25. The number of benzene rings is 1. The van der Waals surface area contributed by atoms with Gasteiger partial charge in [0.15, 0.2) is 0 Å². The smallest absolute Gasteiger partial charge is 0.0776 e. The molecule has 0 bridgehead atoms. The van der Waals surface area contributed by atoms with Gasteiger partial charge in [0.1, 0.15) is 0 Å². The van der Waals surface area contributed by atoms with E-state index in [-0.39, 0.29) is 6.04 Å². The highest BCUT2D eigenvalue weighted by molar-refractivity contribution is 7.05. The van der Waals surface area contributed by atoms with Gasteiger partial charge in [-0.25, -0.2) is 0 Å². The van der Waals surface area contributed by atoms with Gasteiger partial charge in [-0.1, -0.05) is 40.7 Å². The highest BCUT2D eigenvalue weighted by atomic mass is 32.1. The highest BCUT2D eigenvalue weighted by Crippen LogP contribution is 2.27. The molecule has 4 heteroatoms. The molecule has 0 saturated heterocycles. The van der Waals surface area contributed by atoms with Crippen LogP contribution in [0.3, 0.4) is 0 Å². The third kappa shape index (κ3) is 2.76. The lowest BCUT2D eigenvalue weighted by atomic mass is 9.99. The average Bonchev–Trinajstić information content (AvgIpc) is 2.71. The molecule has 0 saturated carbocycles. The Kier molecular flexibility index (Phi) is 4.09. The maximum absolute atomic E-state index is 4.12. The van der Waals surface area contributed by atoms with E-state index in [9.17, 15) is 0 Å². The molecule has 0 amide bonds. The zero-order valence-corrected chi connectivity index (χ0v) is 12.1. The topological polar surface area (TPSA) is 37.8 Å². The Balaban J connectivity index is 2.44. The van der Waals surface area contributed by atoms with Crippen molar-refractivity contribution in [1.29, 1.82) is 0 Å². The Hall–Kier alpha value is -1.26. The molecule has 18 heavy (non-hydrogen) atoms. The lowest BCUT2D eigenvalue weighted by molar-refractivity contribution is 0.634. The van der Waals surface area contributed by atoms with E-state index < -0.39 is 0 Å². The molecule has 0 aliphatic heterocycles. The van der Waals surface area contributed by atoms with Crippen LogP contribution in [0.15, 0.2) is 18.2 Å². The van der Waals surface area contributed by atoms with Crippen molar-refractivity contribution in [3.63, 3.8) is 0 Å². The van der Waals surface area contributed by atoms with Crippen molar-refractivity contribution < 1.29 is 0 Å². The molecule has 0 fully saturated rings. The zero-order chi connectivity index (χ0) is 13.1. The van der Waals surface area contributed by atoms with E-state index in [1.165, 1.54) is 33.1 Å². The highest BCUT2D eigenvalue weighted by Gasteiger charge is 2.18. The first-order valence-corrected chi connectivity index (χ1v) is 6.99. The van der Waals surface area contributed by atoms with Crippen LogP contribution in [0.25, 0.3) is 0 Å². The van der Waals surface area contributed by atoms with E-state index in [2.05, 4.69) is 53.9 Å². The molecule has 0 radical (unpaired) electrons. The lowest BCUT2D eigenvalue weighted by Gasteiger charge is -2.18. The monoisotopic (exact) mass is 261 g/mol. The molecular formula is C14H19N3S. The van der Waals surface area contributed by atoms with Crippen molar-refractivity contribution in [1.82, 2.24) is 14.9 Å². The van der Waals surface area contributed by atoms with Gasteiger partial charge in [-0.3, -0.25) is 0 Å². The predicted octanol–water partition coefficient (Wildman–Crippen LogP) is 3.16. The SMILES string of the molecule is CCNC(c1cc(C)cc(C)c1)c1snnc1C. The molecule has 1 unspecified atom stereocenters. The number of nitrogens with zero attached hydrogens (tertiary/aromatic N) is 2. The molecule has 1 N–H and O–H groups in total. The van der Waals surface area contributed by atoms with Crippen molar-refractivity contribution in [3.05, 3.63) is 45.5 Å². The Morgan fingerprint density at radius 3 is 2.33 bits per heavy atom. The third-order valence-corrected chi connectivity index (χ3v) is 3.83. The predicted molar refractivity (Wildman–Crippen MR) is 76.1 cm³/mol. The largest absolute Gasteiger partial charge is 0.306 e. The third-order valence-electron chi connectivity index (χ3n) is 2.93. The van der Waals surface area contributed by atoms with Gasteiger partial charge < -0.3 is 5.32 Å². The zero-order valence-electron chi connectivity index (χ0n) is 11.3. The van der Waals surface area contributed by atoms with Crippen LogP contribution in [-0.2, 0) is 0 Å². The molecule has 1 aromatic heterocycles. The van der Waals surface area contributed by atoms with Gasteiger partial charge in [-0.05, 0) is 44.4 Å². The van der Waals surface area contributed by atoms with E-state index >= 15 is 0 Å². The molecule has 1 heterocycles. The maximum atomic E-state index is 4.12. The number of hydrogen-bond acceptors (Lipinski definition) is 4. The van der Waals surface area contributed by atoms with Gasteiger partial charge in [-0.2, -0.15) is 0 Å². The molecule has 1 atom stereocenters. The summed E-state index contributed by atoms with van der Waals surface area (Å²) in [5.41, 5.74) is 4.90. The standard InChI is InChI=1S/C14H19N3S/c1-5-15-13(14-11(4)16-17-18-14)12-7-9(2)6-10(3)8-12/h6-8,13,15H,5H2,1-4H3. The van der Waals surface area contributed by atoms with Gasteiger partial charge in [0.2, 0.25) is 0 Å². The number of hydrogen-bond donors (Lipinski definition) is 1. The lowest BCUT2D eigenvalue weighted by Crippen LogP contribution is -2.22. The van der Waals surface area contributed by atoms with Gasteiger partial charge in [0.05, 0.1) is 16.6 Å². The number of aryl methyl sites for hydroxylation is 3. The van der Waals surface area contributed by atoms with Crippen LogP contribution >= 0.6 is 11.5 Å². The Morgan fingerprint density at radius 2 is 1.83 bits per heavy atom. The van der Waals surface area contributed by atoms with E-state index in [1.807, 2.05) is 6.92 Å². The van der Waals surface area contributed by atoms with Gasteiger partial charge in [0.25, 0.3) is 0 Å².